The molecule has 32 heavy (non-hydrogen) atoms. The molecule has 2 N–H and O–H groups in total. The maximum absolute atomic E-state index is 14.3. The zero-order valence-corrected chi connectivity index (χ0v) is 17.5. The molecule has 3 aromatic carbocycles. The largest absolute Gasteiger partial charge is 0.394 e. The molecule has 0 aliphatic carbocycles. The molecule has 3 aromatic rings. The maximum Gasteiger partial charge on any atom is 0.227 e. The first-order valence-corrected chi connectivity index (χ1v) is 10.6. The molecular weight excluding hydrogens is 412 g/mol. The molecule has 1 fully saturated rings. The summed E-state index contributed by atoms with van der Waals surface area (Å²) >= 11 is 0. The van der Waals surface area contributed by atoms with Gasteiger partial charge in [0.25, 0.3) is 0 Å². The molecule has 166 valence electrons. The van der Waals surface area contributed by atoms with Crippen LogP contribution in [-0.4, -0.2) is 35.4 Å². The van der Waals surface area contributed by atoms with Crippen LogP contribution in [0.25, 0.3) is 11.1 Å². The summed E-state index contributed by atoms with van der Waals surface area (Å²) in [6.45, 7) is 0.0546. The van der Waals surface area contributed by atoms with Gasteiger partial charge in [-0.1, -0.05) is 42.5 Å². The van der Waals surface area contributed by atoms with Gasteiger partial charge in [-0.25, -0.2) is 8.78 Å². The van der Waals surface area contributed by atoms with Crippen LogP contribution >= 0.6 is 0 Å². The second-order valence-electron chi connectivity index (χ2n) is 8.33. The number of piperidine rings is 1. The van der Waals surface area contributed by atoms with E-state index in [1.165, 1.54) is 12.1 Å². The van der Waals surface area contributed by atoms with Crippen molar-refractivity contribution in [2.45, 2.75) is 30.8 Å². The van der Waals surface area contributed by atoms with Gasteiger partial charge < -0.3 is 15.1 Å². The molecule has 2 atom stereocenters. The first kappa shape index (κ1) is 22.1. The third-order valence-electron chi connectivity index (χ3n) is 6.23. The number of anilines is 1. The number of amides is 1. The zero-order valence-electron chi connectivity index (χ0n) is 17.5. The SMILES string of the molecule is O=C1CC(CC(O)CO)(c2ccccc2)CCN1c1cccc(-c2ccc(F)cc2F)c1. The lowest BCUT2D eigenvalue weighted by molar-refractivity contribution is -0.121. The average Bonchev–Trinajstić information content (AvgIpc) is 2.80. The summed E-state index contributed by atoms with van der Waals surface area (Å²) in [5.74, 6) is -1.41. The molecule has 1 aliphatic rings. The van der Waals surface area contributed by atoms with Gasteiger partial charge in [-0.05, 0) is 48.2 Å². The van der Waals surface area contributed by atoms with Gasteiger partial charge in [0.15, 0.2) is 0 Å². The average molecular weight is 437 g/mol. The monoisotopic (exact) mass is 437 g/mol. The highest BCUT2D eigenvalue weighted by Crippen LogP contribution is 2.41. The number of nitrogens with zero attached hydrogens (tertiary/aromatic N) is 1. The first-order valence-electron chi connectivity index (χ1n) is 10.6. The Labute approximate surface area is 185 Å². The number of carbonyl (C=O) groups is 1. The minimum absolute atomic E-state index is 0.109. The van der Waals surface area contributed by atoms with Gasteiger partial charge in [0.1, 0.15) is 11.6 Å². The molecule has 1 heterocycles. The van der Waals surface area contributed by atoms with E-state index in [0.717, 1.165) is 11.6 Å². The van der Waals surface area contributed by atoms with Crippen LogP contribution in [-0.2, 0) is 10.2 Å². The molecule has 1 amide bonds. The number of carbonyl (C=O) groups excluding carboxylic acids is 1. The Balaban J connectivity index is 1.62. The highest BCUT2D eigenvalue weighted by Gasteiger charge is 2.42. The molecule has 4 rings (SSSR count). The van der Waals surface area contributed by atoms with Crippen LogP contribution in [0.3, 0.4) is 0 Å². The molecule has 1 aliphatic heterocycles. The van der Waals surface area contributed by atoms with Gasteiger partial charge in [0, 0.05) is 35.7 Å². The summed E-state index contributed by atoms with van der Waals surface area (Å²) in [6, 6.07) is 20.0. The van der Waals surface area contributed by atoms with Crippen molar-refractivity contribution in [3.63, 3.8) is 0 Å². The van der Waals surface area contributed by atoms with Gasteiger partial charge in [0.05, 0.1) is 12.7 Å². The van der Waals surface area contributed by atoms with Crippen LogP contribution in [0.5, 0.6) is 0 Å². The number of rotatable bonds is 6. The Bertz CT molecular complexity index is 1110. The Morgan fingerprint density at radius 1 is 1.00 bits per heavy atom. The molecule has 0 aromatic heterocycles. The van der Waals surface area contributed by atoms with E-state index in [2.05, 4.69) is 0 Å². The third-order valence-corrected chi connectivity index (χ3v) is 6.23. The van der Waals surface area contributed by atoms with Crippen molar-refractivity contribution in [3.8, 4) is 11.1 Å². The quantitative estimate of drug-likeness (QED) is 0.599. The molecule has 0 saturated carbocycles. The number of halogens is 2. The molecule has 4 nitrogen and oxygen atoms in total. The van der Waals surface area contributed by atoms with E-state index in [4.69, 9.17) is 0 Å². The van der Waals surface area contributed by atoms with E-state index in [9.17, 15) is 23.8 Å². The highest BCUT2D eigenvalue weighted by atomic mass is 19.1. The second-order valence-corrected chi connectivity index (χ2v) is 8.33. The Morgan fingerprint density at radius 3 is 2.47 bits per heavy atom. The van der Waals surface area contributed by atoms with Crippen molar-refractivity contribution in [1.82, 2.24) is 0 Å². The topological polar surface area (TPSA) is 60.8 Å². The molecule has 0 radical (unpaired) electrons. The van der Waals surface area contributed by atoms with Gasteiger partial charge in [-0.2, -0.15) is 0 Å². The normalized spacial score (nSPS) is 19.8. The Morgan fingerprint density at radius 2 is 1.78 bits per heavy atom. The Kier molecular flexibility index (Phi) is 6.35. The molecule has 0 spiro atoms. The van der Waals surface area contributed by atoms with E-state index in [-0.39, 0.29) is 30.9 Å². The zero-order chi connectivity index (χ0) is 22.7. The van der Waals surface area contributed by atoms with Gasteiger partial charge in [-0.15, -0.1) is 0 Å². The number of hydrogen-bond acceptors (Lipinski definition) is 3. The summed E-state index contributed by atoms with van der Waals surface area (Å²) in [6.07, 6.45) is 0.158. The fraction of sp³-hybridized carbons (Fsp3) is 0.269. The van der Waals surface area contributed by atoms with E-state index in [0.29, 0.717) is 24.2 Å². The van der Waals surface area contributed by atoms with E-state index in [1.807, 2.05) is 30.3 Å². The lowest BCUT2D eigenvalue weighted by Crippen LogP contribution is -2.48. The van der Waals surface area contributed by atoms with Crippen LogP contribution in [0.4, 0.5) is 14.5 Å². The van der Waals surface area contributed by atoms with Crippen molar-refractivity contribution in [1.29, 1.82) is 0 Å². The summed E-state index contributed by atoms with van der Waals surface area (Å²) < 4.78 is 27.6. The lowest BCUT2D eigenvalue weighted by atomic mass is 9.69. The summed E-state index contributed by atoms with van der Waals surface area (Å²) in [5, 5.41) is 19.6. The van der Waals surface area contributed by atoms with Crippen molar-refractivity contribution < 1.29 is 23.8 Å². The van der Waals surface area contributed by atoms with Gasteiger partial charge >= 0.3 is 0 Å². The highest BCUT2D eigenvalue weighted by molar-refractivity contribution is 5.96. The second kappa shape index (κ2) is 9.18. The summed E-state index contributed by atoms with van der Waals surface area (Å²) in [5.41, 5.74) is 1.85. The molecule has 6 heteroatoms. The third kappa shape index (κ3) is 4.42. The number of aliphatic hydroxyl groups excluding tert-OH is 2. The van der Waals surface area contributed by atoms with E-state index in [1.54, 1.807) is 29.2 Å². The summed E-state index contributed by atoms with van der Waals surface area (Å²) in [4.78, 5) is 14.9. The van der Waals surface area contributed by atoms with Gasteiger partial charge in [-0.3, -0.25) is 4.79 Å². The number of aliphatic hydroxyl groups is 2. The van der Waals surface area contributed by atoms with E-state index < -0.39 is 23.2 Å². The lowest BCUT2D eigenvalue weighted by Gasteiger charge is -2.42. The first-order chi connectivity index (χ1) is 15.4. The van der Waals surface area contributed by atoms with Gasteiger partial charge in [0.2, 0.25) is 5.91 Å². The minimum atomic E-state index is -0.917. The van der Waals surface area contributed by atoms with Crippen LogP contribution in [0, 0.1) is 11.6 Å². The van der Waals surface area contributed by atoms with Crippen molar-refractivity contribution in [2.24, 2.45) is 0 Å². The van der Waals surface area contributed by atoms with E-state index >= 15 is 0 Å². The van der Waals surface area contributed by atoms with Crippen LogP contribution in [0.15, 0.2) is 72.8 Å². The Hall–Kier alpha value is -3.09. The smallest absolute Gasteiger partial charge is 0.227 e. The van der Waals surface area contributed by atoms with Crippen LogP contribution < -0.4 is 4.90 Å². The predicted molar refractivity (Wildman–Crippen MR) is 119 cm³/mol. The molecule has 1 saturated heterocycles. The number of benzene rings is 3. The van der Waals surface area contributed by atoms with Crippen LogP contribution in [0.1, 0.15) is 24.8 Å². The fourth-order valence-corrected chi connectivity index (χ4v) is 4.61. The van der Waals surface area contributed by atoms with Crippen molar-refractivity contribution >= 4 is 11.6 Å². The predicted octanol–water partition coefficient (Wildman–Crippen LogP) is 4.44. The molecular formula is C26H25F2NO3. The maximum atomic E-state index is 14.3. The minimum Gasteiger partial charge on any atom is -0.394 e. The van der Waals surface area contributed by atoms with Crippen molar-refractivity contribution in [2.75, 3.05) is 18.1 Å². The molecule has 0 bridgehead atoms. The molecule has 2 unspecified atom stereocenters. The standard InChI is InChI=1S/C26H25F2NO3/c27-20-9-10-23(24(28)14-20)18-5-4-8-21(13-18)29-12-11-26(16-25(29)32,15-22(31)17-30)19-6-2-1-3-7-19/h1-10,13-14,22,30-31H,11-12,15-17H2. The van der Waals surface area contributed by atoms with Crippen LogP contribution in [0.2, 0.25) is 0 Å². The summed E-state index contributed by atoms with van der Waals surface area (Å²) in [7, 11) is 0. The van der Waals surface area contributed by atoms with Crippen molar-refractivity contribution in [3.05, 3.63) is 90.0 Å². The fourth-order valence-electron chi connectivity index (χ4n) is 4.61. The number of hydrogen-bond donors (Lipinski definition) is 2.